The first kappa shape index (κ1) is 13.3. The fourth-order valence-electron chi connectivity index (χ4n) is 2.06. The molecule has 1 aliphatic carbocycles. The van der Waals surface area contributed by atoms with E-state index in [-0.39, 0.29) is 23.7 Å². The van der Waals surface area contributed by atoms with Crippen LogP contribution >= 0.6 is 11.6 Å². The van der Waals surface area contributed by atoms with Crippen LogP contribution in [0.3, 0.4) is 0 Å². The highest BCUT2D eigenvalue weighted by molar-refractivity contribution is 6.31. The molecule has 1 aromatic rings. The maximum absolute atomic E-state index is 13.6. The lowest BCUT2D eigenvalue weighted by molar-refractivity contribution is -0.121. The Labute approximate surface area is 111 Å². The number of nitrogens with one attached hydrogen (secondary N) is 2. The minimum absolute atomic E-state index is 0.00990. The van der Waals surface area contributed by atoms with E-state index in [9.17, 15) is 9.18 Å². The molecule has 5 heteroatoms. The van der Waals surface area contributed by atoms with Gasteiger partial charge in [-0.15, -0.1) is 0 Å². The van der Waals surface area contributed by atoms with Gasteiger partial charge in [-0.05, 0) is 25.6 Å². The van der Waals surface area contributed by atoms with Gasteiger partial charge < -0.3 is 10.6 Å². The second-order valence-electron chi connectivity index (χ2n) is 4.51. The topological polar surface area (TPSA) is 41.1 Å². The Bertz CT molecular complexity index is 432. The van der Waals surface area contributed by atoms with Crippen molar-refractivity contribution in [2.75, 3.05) is 13.6 Å². The average Bonchev–Trinajstić information content (AvgIpc) is 3.05. The Morgan fingerprint density at radius 2 is 2.33 bits per heavy atom. The van der Waals surface area contributed by atoms with Crippen LogP contribution in [-0.4, -0.2) is 25.5 Å². The molecule has 1 aliphatic rings. The van der Waals surface area contributed by atoms with Crippen LogP contribution in [0.4, 0.5) is 4.39 Å². The predicted molar refractivity (Wildman–Crippen MR) is 69.2 cm³/mol. The van der Waals surface area contributed by atoms with Crippen molar-refractivity contribution >= 4 is 17.5 Å². The third kappa shape index (κ3) is 3.00. The maximum atomic E-state index is 13.6. The predicted octanol–water partition coefficient (Wildman–Crippen LogP) is 2.06. The minimum Gasteiger partial charge on any atom is -0.353 e. The highest BCUT2D eigenvalue weighted by Gasteiger charge is 2.42. The van der Waals surface area contributed by atoms with Crippen molar-refractivity contribution < 1.29 is 9.18 Å². The van der Waals surface area contributed by atoms with Gasteiger partial charge in [0.1, 0.15) is 5.82 Å². The largest absolute Gasteiger partial charge is 0.353 e. The van der Waals surface area contributed by atoms with Crippen molar-refractivity contribution in [1.82, 2.24) is 10.6 Å². The summed E-state index contributed by atoms with van der Waals surface area (Å²) in [7, 11) is 1.80. The molecule has 3 nitrogen and oxygen atoms in total. The zero-order valence-electron chi connectivity index (χ0n) is 10.2. The van der Waals surface area contributed by atoms with Crippen molar-refractivity contribution in [3.8, 4) is 0 Å². The quantitative estimate of drug-likeness (QED) is 0.860. The second kappa shape index (κ2) is 5.67. The highest BCUT2D eigenvalue weighted by Crippen LogP contribution is 2.44. The summed E-state index contributed by atoms with van der Waals surface area (Å²) in [5.74, 6) is -0.291. The molecule has 0 bridgehead atoms. The number of carbonyl (C=O) groups is 1. The number of hydrogen-bond acceptors (Lipinski definition) is 2. The van der Waals surface area contributed by atoms with Crippen LogP contribution < -0.4 is 10.6 Å². The standard InChI is InChI=1S/C13H16ClFN2O/c1-16-6-5-12(18)17-11-7-8(11)13-9(14)3-2-4-10(13)15/h2-4,8,11,16H,5-7H2,1H3,(H,17,18). The summed E-state index contributed by atoms with van der Waals surface area (Å²) < 4.78 is 13.6. The molecule has 2 atom stereocenters. The fraction of sp³-hybridized carbons (Fsp3) is 0.462. The summed E-state index contributed by atoms with van der Waals surface area (Å²) in [6.45, 7) is 0.643. The van der Waals surface area contributed by atoms with E-state index in [0.717, 1.165) is 6.42 Å². The van der Waals surface area contributed by atoms with E-state index in [1.807, 2.05) is 0 Å². The highest BCUT2D eigenvalue weighted by atomic mass is 35.5. The molecule has 18 heavy (non-hydrogen) atoms. The molecular weight excluding hydrogens is 255 g/mol. The van der Waals surface area contributed by atoms with Crippen molar-refractivity contribution in [2.45, 2.75) is 24.8 Å². The summed E-state index contributed by atoms with van der Waals surface area (Å²) >= 11 is 5.99. The molecule has 1 aromatic carbocycles. The monoisotopic (exact) mass is 270 g/mol. The average molecular weight is 271 g/mol. The van der Waals surface area contributed by atoms with E-state index in [1.54, 1.807) is 19.2 Å². The molecule has 0 heterocycles. The van der Waals surface area contributed by atoms with Crippen LogP contribution in [0, 0.1) is 5.82 Å². The molecular formula is C13H16ClFN2O. The molecule has 0 saturated heterocycles. The van der Waals surface area contributed by atoms with E-state index in [0.29, 0.717) is 23.6 Å². The molecule has 0 spiro atoms. The maximum Gasteiger partial charge on any atom is 0.221 e. The van der Waals surface area contributed by atoms with Crippen LogP contribution in [0.2, 0.25) is 5.02 Å². The van der Waals surface area contributed by atoms with Crippen molar-refractivity contribution in [3.05, 3.63) is 34.6 Å². The molecule has 2 N–H and O–H groups in total. The summed E-state index contributed by atoms with van der Waals surface area (Å²) in [6, 6.07) is 4.69. The summed E-state index contributed by atoms with van der Waals surface area (Å²) in [5.41, 5.74) is 0.526. The van der Waals surface area contributed by atoms with E-state index in [1.165, 1.54) is 6.07 Å². The van der Waals surface area contributed by atoms with Crippen LogP contribution in [0.15, 0.2) is 18.2 Å². The number of hydrogen-bond donors (Lipinski definition) is 2. The van der Waals surface area contributed by atoms with Crippen LogP contribution in [-0.2, 0) is 4.79 Å². The summed E-state index contributed by atoms with van der Waals surface area (Å²) in [6.07, 6.45) is 1.19. The third-order valence-corrected chi connectivity index (χ3v) is 3.44. The lowest BCUT2D eigenvalue weighted by Gasteiger charge is -2.07. The number of rotatable bonds is 5. The van der Waals surface area contributed by atoms with E-state index >= 15 is 0 Å². The van der Waals surface area contributed by atoms with Crippen LogP contribution in [0.1, 0.15) is 24.3 Å². The van der Waals surface area contributed by atoms with Crippen molar-refractivity contribution in [3.63, 3.8) is 0 Å². The number of benzene rings is 1. The Hall–Kier alpha value is -1.13. The van der Waals surface area contributed by atoms with E-state index < -0.39 is 0 Å². The molecule has 1 fully saturated rings. The number of carbonyl (C=O) groups excluding carboxylic acids is 1. The first-order valence-corrected chi connectivity index (χ1v) is 6.39. The zero-order valence-corrected chi connectivity index (χ0v) is 10.9. The molecule has 2 unspecified atom stereocenters. The van der Waals surface area contributed by atoms with Crippen molar-refractivity contribution in [1.29, 1.82) is 0 Å². The van der Waals surface area contributed by atoms with Crippen LogP contribution in [0.25, 0.3) is 0 Å². The van der Waals surface area contributed by atoms with Gasteiger partial charge >= 0.3 is 0 Å². The summed E-state index contributed by atoms with van der Waals surface area (Å²) in [4.78, 5) is 11.5. The van der Waals surface area contributed by atoms with Crippen LogP contribution in [0.5, 0.6) is 0 Å². The molecule has 98 valence electrons. The van der Waals surface area contributed by atoms with Gasteiger partial charge in [-0.1, -0.05) is 17.7 Å². The van der Waals surface area contributed by atoms with Gasteiger partial charge in [0, 0.05) is 35.5 Å². The summed E-state index contributed by atoms with van der Waals surface area (Å²) in [5, 5.41) is 6.24. The van der Waals surface area contributed by atoms with E-state index in [2.05, 4.69) is 10.6 Å². The molecule has 1 amide bonds. The van der Waals surface area contributed by atoms with Gasteiger partial charge in [0.25, 0.3) is 0 Å². The first-order chi connectivity index (χ1) is 8.63. The van der Waals surface area contributed by atoms with Gasteiger partial charge in [-0.2, -0.15) is 0 Å². The Morgan fingerprint density at radius 3 is 3.00 bits per heavy atom. The molecule has 1 saturated carbocycles. The lowest BCUT2D eigenvalue weighted by Crippen LogP contribution is -2.29. The molecule has 2 rings (SSSR count). The molecule has 0 aliphatic heterocycles. The fourth-order valence-corrected chi connectivity index (χ4v) is 2.36. The lowest BCUT2D eigenvalue weighted by atomic mass is 10.1. The SMILES string of the molecule is CNCCC(=O)NC1CC1c1c(F)cccc1Cl. The van der Waals surface area contributed by atoms with Gasteiger partial charge in [0.05, 0.1) is 0 Å². The third-order valence-electron chi connectivity index (χ3n) is 3.11. The van der Waals surface area contributed by atoms with Gasteiger partial charge in [-0.25, -0.2) is 4.39 Å². The van der Waals surface area contributed by atoms with E-state index in [4.69, 9.17) is 11.6 Å². The van der Waals surface area contributed by atoms with Gasteiger partial charge in [0.2, 0.25) is 5.91 Å². The smallest absolute Gasteiger partial charge is 0.221 e. The second-order valence-corrected chi connectivity index (χ2v) is 4.91. The van der Waals surface area contributed by atoms with Gasteiger partial charge in [0.15, 0.2) is 0 Å². The van der Waals surface area contributed by atoms with Gasteiger partial charge in [-0.3, -0.25) is 4.79 Å². The first-order valence-electron chi connectivity index (χ1n) is 6.01. The van der Waals surface area contributed by atoms with Crippen molar-refractivity contribution in [2.24, 2.45) is 0 Å². The molecule has 0 aromatic heterocycles. The Kier molecular flexibility index (Phi) is 4.19. The zero-order chi connectivity index (χ0) is 13.1. The Balaban J connectivity index is 1.93. The normalized spacial score (nSPS) is 21.7. The minimum atomic E-state index is -0.292. The number of halogens is 2. The number of amides is 1. The Morgan fingerprint density at radius 1 is 1.56 bits per heavy atom. The molecule has 0 radical (unpaired) electrons.